The van der Waals surface area contributed by atoms with Gasteiger partial charge in [-0.2, -0.15) is 0 Å². The van der Waals surface area contributed by atoms with Crippen LogP contribution in [0, 0.1) is 0 Å². The maximum Gasteiger partial charge on any atom is 0.352 e. The van der Waals surface area contributed by atoms with Crippen molar-refractivity contribution in [2.75, 3.05) is 31.4 Å². The molecule has 0 unspecified atom stereocenters. The van der Waals surface area contributed by atoms with E-state index in [1.807, 2.05) is 0 Å². The minimum absolute atomic E-state index is 0.0892. The number of carboxylic acids is 1. The maximum atomic E-state index is 12.7. The van der Waals surface area contributed by atoms with E-state index in [0.717, 1.165) is 11.3 Å². The predicted molar refractivity (Wildman–Crippen MR) is 120 cm³/mol. The molecule has 31 heavy (non-hydrogen) atoms. The summed E-state index contributed by atoms with van der Waals surface area (Å²) in [4.78, 5) is 51.1. The molecule has 3 heterocycles. The summed E-state index contributed by atoms with van der Waals surface area (Å²) in [6.07, 6.45) is 0. The number of aliphatic carboxylic acids is 1. The van der Waals surface area contributed by atoms with Gasteiger partial charge in [0.2, 0.25) is 0 Å². The van der Waals surface area contributed by atoms with Gasteiger partial charge >= 0.3 is 5.97 Å². The normalized spacial score (nSPS) is 21.5. The Morgan fingerprint density at radius 1 is 1.52 bits per heavy atom. The molecule has 0 aromatic carbocycles. The first-order chi connectivity index (χ1) is 14.8. The van der Waals surface area contributed by atoms with Crippen LogP contribution < -0.4 is 16.8 Å². The summed E-state index contributed by atoms with van der Waals surface area (Å²) < 4.78 is 0. The largest absolute Gasteiger partial charge is 0.477 e. The summed E-state index contributed by atoms with van der Waals surface area (Å²) in [6, 6.07) is -0.915. The van der Waals surface area contributed by atoms with Crippen LogP contribution in [0.3, 0.4) is 0 Å². The number of hydrogen-bond donors (Lipinski definition) is 4. The number of carbonyl (C=O) groups excluding carboxylic acids is 2. The number of nitrogens with zero attached hydrogens (tertiary/aromatic N) is 4. The second kappa shape index (κ2) is 9.57. The molecule has 0 bridgehead atoms. The Bertz CT molecular complexity index is 1010. The molecule has 1 saturated heterocycles. The minimum Gasteiger partial charge on any atom is -0.477 e. The van der Waals surface area contributed by atoms with Gasteiger partial charge in [0.05, 0.1) is 0 Å². The zero-order chi connectivity index (χ0) is 22.7. The maximum absolute atomic E-state index is 12.7. The topological polar surface area (TPSA) is 186 Å². The first kappa shape index (κ1) is 22.9. The van der Waals surface area contributed by atoms with Gasteiger partial charge in [-0.3, -0.25) is 19.5 Å². The third-order valence-electron chi connectivity index (χ3n) is 4.31. The zero-order valence-electron chi connectivity index (χ0n) is 16.4. The molecule has 0 radical (unpaired) electrons. The van der Waals surface area contributed by atoms with Crippen LogP contribution in [0.5, 0.6) is 0 Å². The molecule has 2 aliphatic rings. The number of carboxylic acid groups (broad SMARTS) is 1. The number of oxime groups is 1. The van der Waals surface area contributed by atoms with Crippen molar-refractivity contribution in [1.29, 1.82) is 0 Å². The molecule has 0 spiro atoms. The van der Waals surface area contributed by atoms with Gasteiger partial charge in [-0.1, -0.05) is 16.9 Å². The Morgan fingerprint density at radius 3 is 2.84 bits per heavy atom. The number of amidine groups is 1. The fourth-order valence-corrected chi connectivity index (χ4v) is 5.63. The summed E-state index contributed by atoms with van der Waals surface area (Å²) in [6.45, 7) is 0. The van der Waals surface area contributed by atoms with E-state index in [4.69, 9.17) is 16.3 Å². The average molecular weight is 486 g/mol. The van der Waals surface area contributed by atoms with Crippen LogP contribution in [0.25, 0.3) is 0 Å². The van der Waals surface area contributed by atoms with Crippen molar-refractivity contribution in [3.63, 3.8) is 0 Å². The van der Waals surface area contributed by atoms with Crippen molar-refractivity contribution in [3.05, 3.63) is 22.3 Å². The van der Waals surface area contributed by atoms with E-state index >= 15 is 0 Å². The lowest BCUT2D eigenvalue weighted by Crippen LogP contribution is -2.71. The number of amides is 2. The number of nitrogens with two attached hydrogens (primary N) is 2. The summed E-state index contributed by atoms with van der Waals surface area (Å²) in [5, 5.41) is 17.5. The molecule has 0 aliphatic carbocycles. The molecule has 2 amide bonds. The highest BCUT2D eigenvalue weighted by atomic mass is 32.2. The predicted octanol–water partition coefficient (Wildman–Crippen LogP) is -0.508. The molecule has 15 heteroatoms. The van der Waals surface area contributed by atoms with E-state index in [1.165, 1.54) is 48.0 Å². The van der Waals surface area contributed by atoms with Crippen molar-refractivity contribution < 1.29 is 24.3 Å². The summed E-state index contributed by atoms with van der Waals surface area (Å²) in [7, 11) is 2.81. The molecule has 3 rings (SSSR count). The van der Waals surface area contributed by atoms with Gasteiger partial charge in [0.15, 0.2) is 16.0 Å². The van der Waals surface area contributed by atoms with Crippen LogP contribution in [0.1, 0.15) is 5.69 Å². The summed E-state index contributed by atoms with van der Waals surface area (Å²) in [5.41, 5.74) is 11.8. The smallest absolute Gasteiger partial charge is 0.352 e. The molecule has 166 valence electrons. The molecule has 12 nitrogen and oxygen atoms in total. The highest BCUT2D eigenvalue weighted by Gasteiger charge is 2.54. The Labute approximate surface area is 189 Å². The number of carbonyl (C=O) groups is 3. The number of fused-ring (bicyclic) bond motifs is 1. The van der Waals surface area contributed by atoms with Gasteiger partial charge in [0.1, 0.15) is 29.9 Å². The number of anilines is 1. The quantitative estimate of drug-likeness (QED) is 0.170. The van der Waals surface area contributed by atoms with Crippen LogP contribution in [-0.2, 0) is 19.2 Å². The van der Waals surface area contributed by atoms with E-state index in [2.05, 4.69) is 20.4 Å². The lowest BCUT2D eigenvalue weighted by atomic mass is 10.0. The first-order valence-electron chi connectivity index (χ1n) is 8.66. The summed E-state index contributed by atoms with van der Waals surface area (Å²) >= 11 is 3.67. The van der Waals surface area contributed by atoms with Crippen LogP contribution in [0.2, 0.25) is 0 Å². The molecule has 1 aromatic rings. The van der Waals surface area contributed by atoms with Crippen molar-refractivity contribution in [3.8, 4) is 0 Å². The Balaban J connectivity index is 1.77. The van der Waals surface area contributed by atoms with Crippen molar-refractivity contribution in [2.45, 2.75) is 11.4 Å². The van der Waals surface area contributed by atoms with Crippen LogP contribution in [0.4, 0.5) is 5.13 Å². The number of nitrogens with one attached hydrogen (secondary N) is 1. The molecule has 2 aliphatic heterocycles. The second-order valence-electron chi connectivity index (χ2n) is 6.16. The number of aliphatic imine (C=N–C) groups is 1. The van der Waals surface area contributed by atoms with Gasteiger partial charge < -0.3 is 26.7 Å². The highest BCUT2D eigenvalue weighted by Crippen LogP contribution is 2.41. The standard InChI is InChI=1S/C16H19N7O5S3/c1-19-15(17)30-4-6-3-29-13-9(12(25)23(13)10(6)14(26)27)21-11(24)8(22-28-2)7-5-31-16(18)20-7/h5,9,13H,3-4H2,1-2H3,(H2,17,19)(H2,18,20)(H,21,24)(H,26,27)/b22-8-/t9-,13-/m1/s1. The second-order valence-corrected chi connectivity index (χ2v) is 9.15. The third kappa shape index (κ3) is 4.62. The van der Waals surface area contributed by atoms with E-state index in [1.54, 1.807) is 0 Å². The minimum atomic E-state index is -1.22. The van der Waals surface area contributed by atoms with E-state index in [-0.39, 0.29) is 22.2 Å². The molecule has 6 N–H and O–H groups in total. The monoisotopic (exact) mass is 485 g/mol. The number of rotatable bonds is 7. The number of β-lactam (4-membered cyclic amide) rings is 1. The van der Waals surface area contributed by atoms with Gasteiger partial charge in [0, 0.05) is 23.9 Å². The molecule has 2 atom stereocenters. The van der Waals surface area contributed by atoms with Crippen LogP contribution >= 0.6 is 34.9 Å². The fourth-order valence-electron chi connectivity index (χ4n) is 2.92. The molecule has 1 aromatic heterocycles. The van der Waals surface area contributed by atoms with Gasteiger partial charge in [0.25, 0.3) is 11.8 Å². The fraction of sp³-hybridized carbons (Fsp3) is 0.375. The van der Waals surface area contributed by atoms with E-state index in [9.17, 15) is 19.5 Å². The number of hydrogen-bond acceptors (Lipinski definition) is 11. The van der Waals surface area contributed by atoms with Gasteiger partial charge in [-0.05, 0) is 5.57 Å². The number of nitrogen functional groups attached to an aromatic ring is 1. The summed E-state index contributed by atoms with van der Waals surface area (Å²) in [5.74, 6) is -1.77. The SMILES string of the molecule is CN=C(N)SCC1=C(C(=O)O)N2C(=O)[C@@H](NC(=O)/C(=N\OC)c3csc(N)n3)[C@H]2SC1. The zero-order valence-corrected chi connectivity index (χ0v) is 18.8. The van der Waals surface area contributed by atoms with E-state index in [0.29, 0.717) is 22.2 Å². The third-order valence-corrected chi connectivity index (χ3v) is 7.30. The van der Waals surface area contributed by atoms with Crippen LogP contribution in [-0.4, -0.2) is 80.7 Å². The van der Waals surface area contributed by atoms with Gasteiger partial charge in [-0.25, -0.2) is 9.78 Å². The van der Waals surface area contributed by atoms with E-state index < -0.39 is 29.2 Å². The lowest BCUT2D eigenvalue weighted by Gasteiger charge is -2.49. The number of thiazole rings is 1. The first-order valence-corrected chi connectivity index (χ1v) is 11.6. The van der Waals surface area contributed by atoms with Crippen molar-refractivity contribution in [1.82, 2.24) is 15.2 Å². The number of aromatic nitrogens is 1. The Hall–Kier alpha value is -2.78. The Morgan fingerprint density at radius 2 is 2.26 bits per heavy atom. The van der Waals surface area contributed by atoms with Crippen molar-refractivity contribution >= 4 is 68.7 Å². The van der Waals surface area contributed by atoms with Crippen molar-refractivity contribution in [2.24, 2.45) is 15.9 Å². The molecular weight excluding hydrogens is 466 g/mol. The highest BCUT2D eigenvalue weighted by molar-refractivity contribution is 8.14. The molecule has 0 saturated carbocycles. The lowest BCUT2D eigenvalue weighted by molar-refractivity contribution is -0.150. The average Bonchev–Trinajstić information content (AvgIpc) is 3.18. The van der Waals surface area contributed by atoms with Crippen LogP contribution in [0.15, 0.2) is 26.8 Å². The Kier molecular flexibility index (Phi) is 7.07. The van der Waals surface area contributed by atoms with Gasteiger partial charge in [-0.15, -0.1) is 23.1 Å². The molecule has 1 fully saturated rings. The number of thioether (sulfide) groups is 2. The molecular formula is C16H19N7O5S3.